The lowest BCUT2D eigenvalue weighted by atomic mass is 9.84. The molecular formula is C34H35NS. The molecule has 2 heteroatoms. The average molecular weight is 490 g/mol. The van der Waals surface area contributed by atoms with Crippen LogP contribution in [0, 0.1) is 17.8 Å². The van der Waals surface area contributed by atoms with Crippen LogP contribution in [0.25, 0.3) is 43.6 Å². The van der Waals surface area contributed by atoms with Gasteiger partial charge >= 0.3 is 0 Å². The van der Waals surface area contributed by atoms with Gasteiger partial charge in [-0.3, -0.25) is 4.98 Å². The number of rotatable bonds is 2. The van der Waals surface area contributed by atoms with E-state index in [2.05, 4.69) is 103 Å². The van der Waals surface area contributed by atoms with Gasteiger partial charge in [-0.1, -0.05) is 95.3 Å². The summed E-state index contributed by atoms with van der Waals surface area (Å²) in [6, 6.07) is 21.0. The second kappa shape index (κ2) is 8.08. The highest BCUT2D eigenvalue weighted by Crippen LogP contribution is 2.52. The standard InChI is InChI=1S/C34H35NS/c1-20-8-11-24-23(14-20)16-27-31-30-25(12-13-35-31)26-15-21(18-33(2,3)4)9-10-22(26)17-29(30)36-32(27)28(24)19-34(5,6)7/h8-17H,18-19H2,1-7H3. The van der Waals surface area contributed by atoms with Gasteiger partial charge in [-0.25, -0.2) is 0 Å². The van der Waals surface area contributed by atoms with Crippen LogP contribution in [0.5, 0.6) is 0 Å². The van der Waals surface area contributed by atoms with E-state index in [1.807, 2.05) is 18.0 Å². The van der Waals surface area contributed by atoms with Gasteiger partial charge in [0.2, 0.25) is 0 Å². The van der Waals surface area contributed by atoms with Crippen LogP contribution in [0.2, 0.25) is 0 Å². The maximum atomic E-state index is 5.02. The second-order valence-electron chi connectivity index (χ2n) is 13.0. The number of hydrogen-bond donors (Lipinski definition) is 0. The minimum atomic E-state index is 0.194. The summed E-state index contributed by atoms with van der Waals surface area (Å²) in [7, 11) is 0. The molecule has 0 saturated heterocycles. The van der Waals surface area contributed by atoms with Crippen molar-refractivity contribution < 1.29 is 0 Å². The van der Waals surface area contributed by atoms with Gasteiger partial charge in [-0.2, -0.15) is 0 Å². The summed E-state index contributed by atoms with van der Waals surface area (Å²) < 4.78 is 0. The monoisotopic (exact) mass is 489 g/mol. The van der Waals surface area contributed by atoms with Crippen molar-refractivity contribution >= 4 is 44.1 Å². The lowest BCUT2D eigenvalue weighted by Crippen LogP contribution is -2.12. The third kappa shape index (κ3) is 4.10. The summed E-state index contributed by atoms with van der Waals surface area (Å²) in [6.07, 6.45) is 4.13. The fraction of sp³-hybridized carbons (Fsp3) is 0.324. The highest BCUT2D eigenvalue weighted by atomic mass is 32.2. The number of nitrogens with zero attached hydrogens (tertiary/aromatic N) is 1. The van der Waals surface area contributed by atoms with E-state index in [0.717, 1.165) is 18.5 Å². The number of hydrogen-bond acceptors (Lipinski definition) is 2. The molecule has 0 aliphatic carbocycles. The van der Waals surface area contributed by atoms with Gasteiger partial charge in [0.15, 0.2) is 0 Å². The van der Waals surface area contributed by atoms with Crippen LogP contribution in [0.4, 0.5) is 0 Å². The number of aryl methyl sites for hydroxylation is 1. The second-order valence-corrected chi connectivity index (χ2v) is 14.1. The van der Waals surface area contributed by atoms with E-state index in [1.165, 1.54) is 64.4 Å². The normalized spacial score (nSPS) is 13.5. The molecule has 0 amide bonds. The Morgan fingerprint density at radius 3 is 2.25 bits per heavy atom. The molecule has 6 rings (SSSR count). The first kappa shape index (κ1) is 23.6. The lowest BCUT2D eigenvalue weighted by molar-refractivity contribution is 0.410. The van der Waals surface area contributed by atoms with Gasteiger partial charge in [0.1, 0.15) is 0 Å². The van der Waals surface area contributed by atoms with Crippen molar-refractivity contribution in [3.63, 3.8) is 0 Å². The molecule has 0 N–H and O–H groups in total. The third-order valence-electron chi connectivity index (χ3n) is 7.15. The summed E-state index contributed by atoms with van der Waals surface area (Å²) in [6.45, 7) is 16.2. The summed E-state index contributed by atoms with van der Waals surface area (Å²) in [4.78, 5) is 7.74. The van der Waals surface area contributed by atoms with Crippen molar-refractivity contribution in [1.29, 1.82) is 0 Å². The van der Waals surface area contributed by atoms with Crippen molar-refractivity contribution in [2.75, 3.05) is 0 Å². The van der Waals surface area contributed by atoms with Gasteiger partial charge in [0.25, 0.3) is 0 Å². The maximum Gasteiger partial charge on any atom is 0.0803 e. The van der Waals surface area contributed by atoms with E-state index in [9.17, 15) is 0 Å². The van der Waals surface area contributed by atoms with Gasteiger partial charge in [-0.05, 0) is 86.9 Å². The molecule has 1 aliphatic rings. The number of aromatic nitrogens is 1. The molecule has 5 aromatic rings. The molecule has 0 saturated carbocycles. The maximum absolute atomic E-state index is 5.02. The lowest BCUT2D eigenvalue weighted by Gasteiger charge is -2.27. The summed E-state index contributed by atoms with van der Waals surface area (Å²) in [5.41, 5.74) is 7.06. The van der Waals surface area contributed by atoms with Crippen molar-refractivity contribution in [3.8, 4) is 11.3 Å². The minimum absolute atomic E-state index is 0.194. The molecule has 0 atom stereocenters. The Labute approximate surface area is 219 Å². The number of benzene rings is 4. The van der Waals surface area contributed by atoms with E-state index in [4.69, 9.17) is 4.98 Å². The molecule has 0 unspecified atom stereocenters. The quantitative estimate of drug-likeness (QED) is 0.224. The van der Waals surface area contributed by atoms with Crippen molar-refractivity contribution in [1.82, 2.24) is 4.98 Å². The molecule has 182 valence electrons. The Morgan fingerprint density at radius 1 is 0.722 bits per heavy atom. The predicted octanol–water partition coefficient (Wildman–Crippen LogP) is 10.2. The zero-order chi connectivity index (χ0) is 25.4. The van der Waals surface area contributed by atoms with Crippen molar-refractivity contribution in [2.24, 2.45) is 10.8 Å². The average Bonchev–Trinajstić information content (AvgIpc) is 2.78. The first-order valence-corrected chi connectivity index (χ1v) is 13.9. The molecule has 0 radical (unpaired) electrons. The first-order valence-electron chi connectivity index (χ1n) is 13.1. The van der Waals surface area contributed by atoms with E-state index in [0.29, 0.717) is 0 Å². The van der Waals surface area contributed by atoms with Crippen LogP contribution in [-0.4, -0.2) is 4.98 Å². The molecule has 0 fully saturated rings. The molecule has 2 heterocycles. The molecular weight excluding hydrogens is 454 g/mol. The molecule has 0 spiro atoms. The largest absolute Gasteiger partial charge is 0.256 e. The zero-order valence-electron chi connectivity index (χ0n) is 22.5. The van der Waals surface area contributed by atoms with E-state index in [-0.39, 0.29) is 10.8 Å². The minimum Gasteiger partial charge on any atom is -0.256 e. The highest BCUT2D eigenvalue weighted by molar-refractivity contribution is 8.00. The van der Waals surface area contributed by atoms with E-state index < -0.39 is 0 Å². The zero-order valence-corrected chi connectivity index (χ0v) is 23.4. The molecule has 0 bridgehead atoms. The molecule has 1 nitrogen and oxygen atoms in total. The highest BCUT2D eigenvalue weighted by Gasteiger charge is 2.27. The Balaban J connectivity index is 1.66. The summed E-state index contributed by atoms with van der Waals surface area (Å²) in [5, 5.41) is 7.99. The summed E-state index contributed by atoms with van der Waals surface area (Å²) >= 11 is 1.95. The van der Waals surface area contributed by atoms with Crippen molar-refractivity contribution in [2.45, 2.75) is 71.1 Å². The van der Waals surface area contributed by atoms with Gasteiger partial charge < -0.3 is 0 Å². The van der Waals surface area contributed by atoms with Crippen LogP contribution in [-0.2, 0) is 12.8 Å². The third-order valence-corrected chi connectivity index (χ3v) is 8.36. The first-order chi connectivity index (χ1) is 17.0. The van der Waals surface area contributed by atoms with Gasteiger partial charge in [0, 0.05) is 26.9 Å². The molecule has 1 aliphatic heterocycles. The van der Waals surface area contributed by atoms with E-state index in [1.54, 1.807) is 0 Å². The molecule has 1 aromatic heterocycles. The molecule has 4 aromatic carbocycles. The number of fused-ring (bicyclic) bond motifs is 5. The topological polar surface area (TPSA) is 12.9 Å². The fourth-order valence-electron chi connectivity index (χ4n) is 5.81. The van der Waals surface area contributed by atoms with Crippen molar-refractivity contribution in [3.05, 3.63) is 77.5 Å². The van der Waals surface area contributed by atoms with Crippen LogP contribution in [0.3, 0.4) is 0 Å². The van der Waals surface area contributed by atoms with Gasteiger partial charge in [-0.15, -0.1) is 0 Å². The smallest absolute Gasteiger partial charge is 0.0803 e. The van der Waals surface area contributed by atoms with E-state index >= 15 is 0 Å². The Kier molecular flexibility index (Phi) is 5.29. The molecule has 36 heavy (non-hydrogen) atoms. The Morgan fingerprint density at radius 2 is 1.50 bits per heavy atom. The summed E-state index contributed by atoms with van der Waals surface area (Å²) in [5.74, 6) is 0. The van der Waals surface area contributed by atoms with Crippen LogP contribution >= 0.6 is 11.8 Å². The van der Waals surface area contributed by atoms with Gasteiger partial charge in [0.05, 0.1) is 5.69 Å². The Hall–Kier alpha value is -2.84. The Bertz CT molecular complexity index is 1680. The number of pyridine rings is 1. The van der Waals surface area contributed by atoms with Crippen LogP contribution in [0.1, 0.15) is 58.2 Å². The van der Waals surface area contributed by atoms with Crippen LogP contribution in [0.15, 0.2) is 70.6 Å². The predicted molar refractivity (Wildman–Crippen MR) is 157 cm³/mol. The van der Waals surface area contributed by atoms with Crippen LogP contribution < -0.4 is 0 Å². The fourth-order valence-corrected chi connectivity index (χ4v) is 7.09. The SMILES string of the molecule is Cc1ccc2c(CC(C)(C)C)c3c(cc2c1)-c1nccc2c1c(cc1ccc(CC(C)(C)C)cc12)S3.